The minimum atomic E-state index is -1.70. The molecule has 62 heavy (non-hydrogen) atoms. The molecular formula is C40H26Cl8N8O6. The number of anilines is 4. The highest BCUT2D eigenvalue weighted by Gasteiger charge is 2.27. The third kappa shape index (κ3) is 12.7. The summed E-state index contributed by atoms with van der Waals surface area (Å²) in [6.45, 7) is 2.21. The van der Waals surface area contributed by atoms with E-state index in [4.69, 9.17) is 92.8 Å². The van der Waals surface area contributed by atoms with Gasteiger partial charge in [0.15, 0.2) is 11.6 Å². The molecule has 0 saturated carbocycles. The van der Waals surface area contributed by atoms with Crippen LogP contribution in [0.25, 0.3) is 0 Å². The number of amides is 4. The number of carbonyl (C=O) groups is 6. The van der Waals surface area contributed by atoms with Gasteiger partial charge in [0, 0.05) is 31.2 Å². The van der Waals surface area contributed by atoms with E-state index in [2.05, 4.69) is 41.7 Å². The highest BCUT2D eigenvalue weighted by molar-refractivity contribution is 6.46. The van der Waals surface area contributed by atoms with E-state index < -0.39 is 47.3 Å². The van der Waals surface area contributed by atoms with Crippen LogP contribution in [-0.4, -0.2) is 47.3 Å². The van der Waals surface area contributed by atoms with E-state index in [1.165, 1.54) is 72.8 Å². The van der Waals surface area contributed by atoms with Gasteiger partial charge in [-0.3, -0.25) is 28.8 Å². The Kier molecular flexibility index (Phi) is 16.4. The van der Waals surface area contributed by atoms with E-state index in [9.17, 15) is 28.8 Å². The minimum absolute atomic E-state index is 0.0314. The van der Waals surface area contributed by atoms with Gasteiger partial charge in [0.1, 0.15) is 0 Å². The van der Waals surface area contributed by atoms with Crippen LogP contribution in [0.4, 0.5) is 34.1 Å². The summed E-state index contributed by atoms with van der Waals surface area (Å²) in [5.74, 6) is -4.57. The molecule has 0 heterocycles. The summed E-state index contributed by atoms with van der Waals surface area (Å²) in [7, 11) is 0. The van der Waals surface area contributed by atoms with Crippen molar-refractivity contribution in [2.24, 2.45) is 20.5 Å². The summed E-state index contributed by atoms with van der Waals surface area (Å²) in [5.41, 5.74) is 0.495. The zero-order valence-corrected chi connectivity index (χ0v) is 37.5. The summed E-state index contributed by atoms with van der Waals surface area (Å²) < 4.78 is 0. The Morgan fingerprint density at radius 3 is 1.16 bits per heavy atom. The van der Waals surface area contributed by atoms with Gasteiger partial charge in [-0.1, -0.05) is 92.8 Å². The largest absolute Gasteiger partial charge is 0.322 e. The van der Waals surface area contributed by atoms with Crippen LogP contribution < -0.4 is 21.3 Å². The van der Waals surface area contributed by atoms with Gasteiger partial charge in [-0.15, -0.1) is 0 Å². The Labute approximate surface area is 392 Å². The van der Waals surface area contributed by atoms with Crippen molar-refractivity contribution in [3.05, 3.63) is 136 Å². The monoisotopic (exact) mass is 994 g/mol. The molecule has 0 fully saturated rings. The van der Waals surface area contributed by atoms with Crippen molar-refractivity contribution in [3.8, 4) is 0 Å². The van der Waals surface area contributed by atoms with Gasteiger partial charge >= 0.3 is 0 Å². The van der Waals surface area contributed by atoms with Crippen LogP contribution in [0.2, 0.25) is 40.2 Å². The maximum atomic E-state index is 13.3. The first-order valence-corrected chi connectivity index (χ1v) is 20.4. The van der Waals surface area contributed by atoms with Gasteiger partial charge < -0.3 is 21.3 Å². The maximum Gasteiger partial charge on any atom is 0.258 e. The van der Waals surface area contributed by atoms with Crippen LogP contribution >= 0.6 is 92.8 Å². The number of hydrogen-bond donors (Lipinski definition) is 4. The molecule has 0 aliphatic heterocycles. The van der Waals surface area contributed by atoms with Crippen molar-refractivity contribution in [1.82, 2.24) is 0 Å². The maximum absolute atomic E-state index is 13.3. The highest BCUT2D eigenvalue weighted by Crippen LogP contribution is 2.37. The lowest BCUT2D eigenvalue weighted by molar-refractivity contribution is -0.127. The normalized spacial score (nSPS) is 12.2. The number of Topliss-reactive ketones (excluding diaryl/α,β-unsaturated/α-hetero) is 2. The third-order valence-corrected chi connectivity index (χ3v) is 10.5. The van der Waals surface area contributed by atoms with Crippen molar-refractivity contribution in [3.63, 3.8) is 0 Å². The number of carbonyl (C=O) groups excluding carboxylic acids is 6. The van der Waals surface area contributed by atoms with E-state index in [0.29, 0.717) is 10.0 Å². The molecule has 22 heteroatoms. The molecule has 14 nitrogen and oxygen atoms in total. The van der Waals surface area contributed by atoms with Crippen LogP contribution in [-0.2, 0) is 19.2 Å². The molecule has 0 radical (unpaired) electrons. The summed E-state index contributed by atoms with van der Waals surface area (Å²) in [4.78, 5) is 77.6. The van der Waals surface area contributed by atoms with E-state index >= 15 is 0 Å². The predicted molar refractivity (Wildman–Crippen MR) is 243 cm³/mol. The lowest BCUT2D eigenvalue weighted by Crippen LogP contribution is -2.32. The van der Waals surface area contributed by atoms with Gasteiger partial charge in [-0.25, -0.2) is 0 Å². The van der Waals surface area contributed by atoms with E-state index in [1.807, 2.05) is 0 Å². The van der Waals surface area contributed by atoms with Crippen LogP contribution in [0.15, 0.2) is 105 Å². The molecule has 0 spiro atoms. The van der Waals surface area contributed by atoms with Crippen LogP contribution in [0.1, 0.15) is 34.6 Å². The number of hydrogen-bond acceptors (Lipinski definition) is 10. The van der Waals surface area contributed by atoms with Crippen LogP contribution in [0, 0.1) is 0 Å². The second kappa shape index (κ2) is 21.3. The zero-order chi connectivity index (χ0) is 45.4. The quantitative estimate of drug-likeness (QED) is 0.0630. The Balaban J connectivity index is 1.27. The summed E-state index contributed by atoms with van der Waals surface area (Å²) in [6, 6.07) is 16.2. The Morgan fingerprint density at radius 1 is 0.435 bits per heavy atom. The number of azo groups is 2. The van der Waals surface area contributed by atoms with E-state index in [-0.39, 0.29) is 75.4 Å². The fourth-order valence-corrected chi connectivity index (χ4v) is 6.69. The number of nitrogens with one attached hydrogen (secondary N) is 4. The van der Waals surface area contributed by atoms with Gasteiger partial charge in [-0.2, -0.15) is 20.5 Å². The fourth-order valence-electron chi connectivity index (χ4n) is 5.13. The van der Waals surface area contributed by atoms with E-state index in [1.54, 1.807) is 12.1 Å². The average molecular weight is 998 g/mol. The molecule has 4 N–H and O–H groups in total. The molecule has 318 valence electrons. The predicted octanol–water partition coefficient (Wildman–Crippen LogP) is 12.8. The van der Waals surface area contributed by atoms with Gasteiger partial charge in [0.05, 0.1) is 54.2 Å². The molecule has 5 aromatic carbocycles. The topological polar surface area (TPSA) is 200 Å². The third-order valence-electron chi connectivity index (χ3n) is 8.08. The van der Waals surface area contributed by atoms with Gasteiger partial charge in [-0.05, 0) is 98.8 Å². The number of ketones is 2. The van der Waals surface area contributed by atoms with Crippen molar-refractivity contribution in [2.45, 2.75) is 25.9 Å². The van der Waals surface area contributed by atoms with Crippen molar-refractivity contribution < 1.29 is 28.8 Å². The number of nitrogens with zero attached hydrogens (tertiary/aromatic N) is 4. The number of rotatable bonds is 14. The average Bonchev–Trinajstić information content (AvgIpc) is 3.20. The lowest BCUT2D eigenvalue weighted by atomic mass is 10.1. The molecule has 0 saturated heterocycles. The molecule has 2 unspecified atom stereocenters. The van der Waals surface area contributed by atoms with E-state index in [0.717, 1.165) is 13.8 Å². The molecule has 0 aliphatic rings. The molecule has 5 rings (SSSR count). The van der Waals surface area contributed by atoms with Gasteiger partial charge in [0.25, 0.3) is 23.6 Å². The van der Waals surface area contributed by atoms with Crippen LogP contribution in [0.3, 0.4) is 0 Å². The zero-order valence-electron chi connectivity index (χ0n) is 31.5. The first kappa shape index (κ1) is 47.9. The minimum Gasteiger partial charge on any atom is -0.322 e. The first-order chi connectivity index (χ1) is 29.3. The lowest BCUT2D eigenvalue weighted by Gasteiger charge is -2.15. The molecule has 4 amide bonds. The second-order valence-electron chi connectivity index (χ2n) is 12.8. The summed E-state index contributed by atoms with van der Waals surface area (Å²) >= 11 is 49.7. The summed E-state index contributed by atoms with van der Waals surface area (Å²) in [5, 5.41) is 26.6. The molecule has 0 aromatic heterocycles. The number of benzene rings is 5. The van der Waals surface area contributed by atoms with Crippen LogP contribution in [0.5, 0.6) is 0 Å². The van der Waals surface area contributed by atoms with Crippen molar-refractivity contribution in [2.75, 3.05) is 21.3 Å². The smallest absolute Gasteiger partial charge is 0.258 e. The fraction of sp³-hybridized carbons (Fsp3) is 0.100. The van der Waals surface area contributed by atoms with Gasteiger partial charge in [0.2, 0.25) is 12.1 Å². The Hall–Kier alpha value is -5.16. The second-order valence-corrected chi connectivity index (χ2v) is 16.1. The standard InChI is InChI=1S/C40H26Cl8N8O6/c1-17(57)35(55-53-25-11-19(9-23(43)13-25)37(59)51-31-15-21(41)3-5-27(31)45)39(61)49-29-7-8-30(34(48)33(29)47)50-40(62)36(18(2)58)56-54-26-12-20(10-24(44)14-26)38(60)52-32-16-22(42)4-6-28(32)46/h3-16,35-36H,1-2H3,(H,49,61)(H,50,62)(H,51,59)(H,52,60). The Morgan fingerprint density at radius 2 is 0.806 bits per heavy atom. The SMILES string of the molecule is CC(=O)C(N=Nc1cc(Cl)cc(C(=O)Nc2cc(Cl)ccc2Cl)c1)C(=O)Nc1ccc(NC(=O)C(N=Nc2cc(Cl)cc(C(=O)Nc3cc(Cl)ccc3Cl)c2)C(C)=O)c(Cl)c1Cl. The molecule has 0 aliphatic carbocycles. The Bertz CT molecular complexity index is 2530. The number of halogens is 8. The summed E-state index contributed by atoms with van der Waals surface area (Å²) in [6.07, 6.45) is 0. The molecule has 0 bridgehead atoms. The molecule has 2 atom stereocenters. The van der Waals surface area contributed by atoms with Crippen molar-refractivity contribution in [1.29, 1.82) is 0 Å². The highest BCUT2D eigenvalue weighted by atomic mass is 35.5. The van der Waals surface area contributed by atoms with Crippen molar-refractivity contribution >= 4 is 162 Å². The first-order valence-electron chi connectivity index (χ1n) is 17.4. The molecule has 5 aromatic rings. The molecular weight excluding hydrogens is 972 g/mol.